The summed E-state index contributed by atoms with van der Waals surface area (Å²) in [5.74, 6) is -1.10. The van der Waals surface area contributed by atoms with E-state index in [1.807, 2.05) is 0 Å². The zero-order valence-electron chi connectivity index (χ0n) is 17.7. The number of amides is 1. The summed E-state index contributed by atoms with van der Waals surface area (Å²) in [6.07, 6.45) is -0.757. The molecule has 0 bridgehead atoms. The number of nitrogens with one attached hydrogen (secondary N) is 1. The van der Waals surface area contributed by atoms with E-state index in [9.17, 15) is 14.4 Å². The standard InChI is InChI=1S/C18H31Br2NO7/c1-15(2,3)28-14(24)21-18(9-25-8,10-26-12(22)16(4,5)19)11-27-13(23)17(6,7)20/h9-11H2,1-8H3,(H,21,24). The molecule has 0 unspecified atom stereocenters. The van der Waals surface area contributed by atoms with Crippen LogP contribution in [0, 0.1) is 0 Å². The van der Waals surface area contributed by atoms with Crippen LogP contribution in [0.1, 0.15) is 48.5 Å². The van der Waals surface area contributed by atoms with E-state index in [0.717, 1.165) is 0 Å². The van der Waals surface area contributed by atoms with Gasteiger partial charge in [0, 0.05) is 7.11 Å². The highest BCUT2D eigenvalue weighted by Gasteiger charge is 2.40. The van der Waals surface area contributed by atoms with Gasteiger partial charge >= 0.3 is 18.0 Å². The fourth-order valence-corrected chi connectivity index (χ4v) is 2.01. The molecular weight excluding hydrogens is 502 g/mol. The average molecular weight is 533 g/mol. The third-order valence-electron chi connectivity index (χ3n) is 3.12. The number of alkyl carbamates (subject to hydrolysis) is 1. The summed E-state index contributed by atoms with van der Waals surface area (Å²) in [6.45, 7) is 11.0. The molecule has 0 spiro atoms. The van der Waals surface area contributed by atoms with Crippen molar-refractivity contribution < 1.29 is 33.3 Å². The first-order valence-corrected chi connectivity index (χ1v) is 10.2. The van der Waals surface area contributed by atoms with Gasteiger partial charge in [0.25, 0.3) is 0 Å². The van der Waals surface area contributed by atoms with Crippen molar-refractivity contribution in [3.05, 3.63) is 0 Å². The Morgan fingerprint density at radius 1 is 0.786 bits per heavy atom. The lowest BCUT2D eigenvalue weighted by molar-refractivity contribution is -0.154. The summed E-state index contributed by atoms with van der Waals surface area (Å²) in [4.78, 5) is 36.7. The summed E-state index contributed by atoms with van der Waals surface area (Å²) >= 11 is 6.44. The van der Waals surface area contributed by atoms with Gasteiger partial charge in [-0.15, -0.1) is 0 Å². The molecule has 1 N–H and O–H groups in total. The minimum absolute atomic E-state index is 0.0851. The Morgan fingerprint density at radius 2 is 1.18 bits per heavy atom. The smallest absolute Gasteiger partial charge is 0.408 e. The van der Waals surface area contributed by atoms with E-state index < -0.39 is 37.8 Å². The number of hydrogen-bond donors (Lipinski definition) is 1. The fraction of sp³-hybridized carbons (Fsp3) is 0.833. The number of halogens is 2. The first kappa shape index (κ1) is 27.1. The number of ether oxygens (including phenoxy) is 4. The Morgan fingerprint density at radius 3 is 1.46 bits per heavy atom. The third-order valence-corrected chi connectivity index (χ3v) is 3.76. The van der Waals surface area contributed by atoms with E-state index in [0.29, 0.717) is 0 Å². The molecule has 1 amide bonds. The number of carbonyl (C=O) groups is 3. The molecule has 0 atom stereocenters. The van der Waals surface area contributed by atoms with E-state index >= 15 is 0 Å². The number of alkyl halides is 2. The molecule has 28 heavy (non-hydrogen) atoms. The molecule has 0 heterocycles. The molecule has 0 saturated heterocycles. The van der Waals surface area contributed by atoms with Crippen LogP contribution in [0.2, 0.25) is 0 Å². The van der Waals surface area contributed by atoms with Gasteiger partial charge in [-0.25, -0.2) is 4.79 Å². The van der Waals surface area contributed by atoms with Crippen LogP contribution in [0.4, 0.5) is 4.79 Å². The third kappa shape index (κ3) is 10.6. The highest BCUT2D eigenvalue weighted by molar-refractivity contribution is 9.10. The van der Waals surface area contributed by atoms with E-state index in [1.54, 1.807) is 48.5 Å². The molecule has 164 valence electrons. The fourth-order valence-electron chi connectivity index (χ4n) is 1.78. The molecule has 0 aliphatic heterocycles. The quantitative estimate of drug-likeness (QED) is 0.276. The Hall–Kier alpha value is -0.870. The molecule has 0 aromatic rings. The van der Waals surface area contributed by atoms with Crippen LogP contribution >= 0.6 is 31.9 Å². The minimum atomic E-state index is -1.33. The van der Waals surface area contributed by atoms with Gasteiger partial charge in [-0.1, -0.05) is 31.9 Å². The van der Waals surface area contributed by atoms with Crippen molar-refractivity contribution in [2.45, 2.75) is 68.3 Å². The molecule has 0 aromatic heterocycles. The minimum Gasteiger partial charge on any atom is -0.462 e. The summed E-state index contributed by atoms with van der Waals surface area (Å²) in [7, 11) is 1.41. The van der Waals surface area contributed by atoms with E-state index in [4.69, 9.17) is 18.9 Å². The molecule has 0 rings (SSSR count). The summed E-state index contributed by atoms with van der Waals surface area (Å²) < 4.78 is 19.3. The zero-order valence-corrected chi connectivity index (χ0v) is 20.9. The second-order valence-corrected chi connectivity index (χ2v) is 12.4. The van der Waals surface area contributed by atoms with Crippen molar-refractivity contribution in [3.8, 4) is 0 Å². The normalized spacial score (nSPS) is 12.9. The van der Waals surface area contributed by atoms with Crippen molar-refractivity contribution in [3.63, 3.8) is 0 Å². The molecule has 0 fully saturated rings. The van der Waals surface area contributed by atoms with Crippen molar-refractivity contribution >= 4 is 49.9 Å². The Labute approximate surface area is 183 Å². The highest BCUT2D eigenvalue weighted by Crippen LogP contribution is 2.21. The van der Waals surface area contributed by atoms with Crippen LogP contribution < -0.4 is 5.32 Å². The summed E-state index contributed by atoms with van der Waals surface area (Å²) in [5, 5.41) is 2.63. The SMILES string of the molecule is COCC(COC(=O)C(C)(C)Br)(COC(=O)C(C)(C)Br)NC(=O)OC(C)(C)C. The van der Waals surface area contributed by atoms with Crippen LogP contribution in [-0.4, -0.2) is 64.8 Å². The maximum absolute atomic E-state index is 12.3. The number of hydrogen-bond acceptors (Lipinski definition) is 7. The first-order valence-electron chi connectivity index (χ1n) is 8.64. The van der Waals surface area contributed by atoms with Gasteiger partial charge in [-0.05, 0) is 48.5 Å². The van der Waals surface area contributed by atoms with Gasteiger partial charge in [-0.2, -0.15) is 0 Å². The van der Waals surface area contributed by atoms with Crippen LogP contribution in [0.5, 0.6) is 0 Å². The Balaban J connectivity index is 5.54. The molecule has 0 radical (unpaired) electrons. The molecular formula is C18H31Br2NO7. The number of carbonyl (C=O) groups excluding carboxylic acids is 3. The predicted molar refractivity (Wildman–Crippen MR) is 112 cm³/mol. The number of methoxy groups -OCH3 is 1. The first-order chi connectivity index (χ1) is 12.4. The topological polar surface area (TPSA) is 100 Å². The van der Waals surface area contributed by atoms with Crippen LogP contribution in [0.15, 0.2) is 0 Å². The number of esters is 2. The Bertz CT molecular complexity index is 530. The van der Waals surface area contributed by atoms with Gasteiger partial charge in [0.1, 0.15) is 33.0 Å². The van der Waals surface area contributed by atoms with E-state index in [1.165, 1.54) is 7.11 Å². The monoisotopic (exact) mass is 531 g/mol. The van der Waals surface area contributed by atoms with Crippen LogP contribution in [0.3, 0.4) is 0 Å². The van der Waals surface area contributed by atoms with Crippen LogP contribution in [-0.2, 0) is 28.5 Å². The second kappa shape index (κ2) is 10.2. The molecule has 0 aliphatic carbocycles. The maximum atomic E-state index is 12.3. The van der Waals surface area contributed by atoms with Gasteiger partial charge in [0.15, 0.2) is 0 Å². The van der Waals surface area contributed by atoms with Crippen molar-refractivity contribution in [1.29, 1.82) is 0 Å². The predicted octanol–water partition coefficient (Wildman–Crippen LogP) is 3.33. The lowest BCUT2D eigenvalue weighted by Gasteiger charge is -2.34. The highest BCUT2D eigenvalue weighted by atomic mass is 79.9. The average Bonchev–Trinajstić information content (AvgIpc) is 2.46. The van der Waals surface area contributed by atoms with E-state index in [-0.39, 0.29) is 19.8 Å². The molecule has 0 saturated carbocycles. The molecule has 0 aromatic carbocycles. The van der Waals surface area contributed by atoms with Gasteiger partial charge in [0.05, 0.1) is 6.61 Å². The van der Waals surface area contributed by atoms with Crippen LogP contribution in [0.25, 0.3) is 0 Å². The molecule has 8 nitrogen and oxygen atoms in total. The molecule has 10 heteroatoms. The summed E-state index contributed by atoms with van der Waals surface area (Å²) in [5.41, 5.74) is -2.08. The Kier molecular flexibility index (Phi) is 9.93. The second-order valence-electron chi connectivity index (χ2n) is 8.44. The van der Waals surface area contributed by atoms with Crippen molar-refractivity contribution in [1.82, 2.24) is 5.32 Å². The van der Waals surface area contributed by atoms with E-state index in [2.05, 4.69) is 37.2 Å². The summed E-state index contributed by atoms with van der Waals surface area (Å²) in [6, 6.07) is 0. The molecule has 0 aliphatic rings. The number of rotatable bonds is 9. The lowest BCUT2D eigenvalue weighted by atomic mass is 10.0. The van der Waals surface area contributed by atoms with Crippen molar-refractivity contribution in [2.24, 2.45) is 0 Å². The van der Waals surface area contributed by atoms with Gasteiger partial charge in [-0.3, -0.25) is 9.59 Å². The van der Waals surface area contributed by atoms with Crippen molar-refractivity contribution in [2.75, 3.05) is 26.9 Å². The largest absolute Gasteiger partial charge is 0.462 e. The lowest BCUT2D eigenvalue weighted by Crippen LogP contribution is -2.60. The van der Waals surface area contributed by atoms with Gasteiger partial charge < -0.3 is 24.3 Å². The zero-order chi connectivity index (χ0) is 22.4. The van der Waals surface area contributed by atoms with Gasteiger partial charge in [0.2, 0.25) is 0 Å². The maximum Gasteiger partial charge on any atom is 0.408 e.